The van der Waals surface area contributed by atoms with Gasteiger partial charge in [-0.1, -0.05) is 11.6 Å². The minimum Gasteiger partial charge on any atom is -0.351 e. The number of aromatic nitrogens is 2. The van der Waals surface area contributed by atoms with E-state index < -0.39 is 28.0 Å². The molecule has 198 valence electrons. The molecule has 4 heterocycles. The Morgan fingerprint density at radius 3 is 2.54 bits per heavy atom. The Hall–Kier alpha value is -2.51. The summed E-state index contributed by atoms with van der Waals surface area (Å²) >= 11 is 7.42. The number of thiazole rings is 1. The molecule has 2 aliphatic rings. The third-order valence-corrected chi connectivity index (χ3v) is 9.45. The van der Waals surface area contributed by atoms with Gasteiger partial charge in [0.25, 0.3) is 11.8 Å². The molecule has 0 spiro atoms. The zero-order valence-electron chi connectivity index (χ0n) is 20.7. The SMILES string of the molecule is CC(C)N1CCc2nc(C(=O)N[C@@H]3CN(S(C)(=O)=O)C[C@@H]3NC(=O)c3cc4cc(Cl)ccc4[nH]3)sc2C1. The lowest BCUT2D eigenvalue weighted by atomic mass is 10.1. The number of rotatable bonds is 6. The molecular weight excluding hydrogens is 536 g/mol. The van der Waals surface area contributed by atoms with Crippen molar-refractivity contribution in [1.82, 2.24) is 29.8 Å². The Balaban J connectivity index is 1.32. The molecule has 0 saturated carbocycles. The standard InChI is InChI=1S/C24H29ClN6O4S2/c1-13(2)30-7-6-17-21(12-30)36-24(29-17)23(33)28-20-11-31(37(3,34)35)10-19(20)27-22(32)18-9-14-8-15(25)4-5-16(14)26-18/h4-5,8-9,13,19-20,26H,6-7,10-12H2,1-3H3,(H,27,32)(H,28,33)/t19-,20+/m0/s1. The monoisotopic (exact) mass is 564 g/mol. The maximum atomic E-state index is 13.2. The van der Waals surface area contributed by atoms with Crippen LogP contribution in [-0.4, -0.2) is 83.4 Å². The second-order valence-electron chi connectivity index (χ2n) is 9.86. The van der Waals surface area contributed by atoms with Crippen LogP contribution in [0.5, 0.6) is 0 Å². The lowest BCUT2D eigenvalue weighted by molar-refractivity contribution is 0.0894. The Morgan fingerprint density at radius 2 is 1.86 bits per heavy atom. The molecule has 5 rings (SSSR count). The lowest BCUT2D eigenvalue weighted by Gasteiger charge is -2.29. The molecule has 1 saturated heterocycles. The molecule has 2 amide bonds. The molecule has 2 atom stereocenters. The zero-order valence-corrected chi connectivity index (χ0v) is 23.1. The van der Waals surface area contributed by atoms with E-state index in [9.17, 15) is 18.0 Å². The number of benzene rings is 1. The van der Waals surface area contributed by atoms with Gasteiger partial charge in [0.2, 0.25) is 10.0 Å². The van der Waals surface area contributed by atoms with Crippen LogP contribution >= 0.6 is 22.9 Å². The van der Waals surface area contributed by atoms with E-state index in [4.69, 9.17) is 11.6 Å². The van der Waals surface area contributed by atoms with Crippen LogP contribution in [0.4, 0.5) is 0 Å². The fraction of sp³-hybridized carbons (Fsp3) is 0.458. The van der Waals surface area contributed by atoms with Crippen LogP contribution in [0, 0.1) is 0 Å². The summed E-state index contributed by atoms with van der Waals surface area (Å²) in [5.74, 6) is -0.763. The molecule has 3 aromatic rings. The van der Waals surface area contributed by atoms with E-state index >= 15 is 0 Å². The van der Waals surface area contributed by atoms with Crippen molar-refractivity contribution in [2.75, 3.05) is 25.9 Å². The molecule has 0 aliphatic carbocycles. The summed E-state index contributed by atoms with van der Waals surface area (Å²) in [7, 11) is -3.52. The number of amides is 2. The number of halogens is 1. The Kier molecular flexibility index (Phi) is 7.05. The highest BCUT2D eigenvalue weighted by molar-refractivity contribution is 7.88. The number of nitrogens with one attached hydrogen (secondary N) is 3. The van der Waals surface area contributed by atoms with Crippen LogP contribution in [0.2, 0.25) is 5.02 Å². The van der Waals surface area contributed by atoms with Gasteiger partial charge in [-0.05, 0) is 38.1 Å². The van der Waals surface area contributed by atoms with Gasteiger partial charge in [-0.2, -0.15) is 4.31 Å². The Labute approximate surface area is 224 Å². The highest BCUT2D eigenvalue weighted by Gasteiger charge is 2.39. The van der Waals surface area contributed by atoms with Crippen molar-refractivity contribution >= 4 is 55.7 Å². The first-order chi connectivity index (χ1) is 17.5. The number of hydrogen-bond donors (Lipinski definition) is 3. The maximum absolute atomic E-state index is 13.2. The van der Waals surface area contributed by atoms with Crippen LogP contribution in [0.15, 0.2) is 24.3 Å². The number of sulfonamides is 1. The number of carbonyl (C=O) groups is 2. The van der Waals surface area contributed by atoms with E-state index in [2.05, 4.69) is 39.3 Å². The number of H-pyrrole nitrogens is 1. The van der Waals surface area contributed by atoms with Crippen LogP contribution in [0.1, 0.15) is 44.7 Å². The second-order valence-corrected chi connectivity index (χ2v) is 13.4. The van der Waals surface area contributed by atoms with E-state index in [-0.39, 0.29) is 19.0 Å². The largest absolute Gasteiger partial charge is 0.351 e. The number of carbonyl (C=O) groups excluding carboxylic acids is 2. The Bertz CT molecular complexity index is 1470. The molecule has 13 heteroatoms. The predicted molar refractivity (Wildman–Crippen MR) is 144 cm³/mol. The molecule has 0 unspecified atom stereocenters. The first kappa shape index (κ1) is 26.1. The second kappa shape index (κ2) is 9.99. The molecule has 2 aliphatic heterocycles. The maximum Gasteiger partial charge on any atom is 0.280 e. The van der Waals surface area contributed by atoms with Gasteiger partial charge >= 0.3 is 0 Å². The van der Waals surface area contributed by atoms with E-state index in [1.165, 1.54) is 15.6 Å². The van der Waals surface area contributed by atoms with Gasteiger partial charge in [0.15, 0.2) is 5.01 Å². The van der Waals surface area contributed by atoms with Crippen molar-refractivity contribution in [2.24, 2.45) is 0 Å². The first-order valence-corrected chi connectivity index (χ1v) is 15.1. The number of fused-ring (bicyclic) bond motifs is 2. The van der Waals surface area contributed by atoms with Crippen LogP contribution in [0.3, 0.4) is 0 Å². The smallest absolute Gasteiger partial charge is 0.280 e. The van der Waals surface area contributed by atoms with Gasteiger partial charge < -0.3 is 15.6 Å². The summed E-state index contributed by atoms with van der Waals surface area (Å²) < 4.78 is 25.8. The van der Waals surface area contributed by atoms with Gasteiger partial charge in [-0.3, -0.25) is 14.5 Å². The van der Waals surface area contributed by atoms with E-state index in [0.717, 1.165) is 47.2 Å². The average Bonchev–Trinajstić information content (AvgIpc) is 3.54. The molecule has 3 N–H and O–H groups in total. The first-order valence-electron chi connectivity index (χ1n) is 12.1. The van der Waals surface area contributed by atoms with Crippen molar-refractivity contribution < 1.29 is 18.0 Å². The summed E-state index contributed by atoms with van der Waals surface area (Å²) in [6.45, 7) is 6.07. The highest BCUT2D eigenvalue weighted by Crippen LogP contribution is 2.27. The zero-order chi connectivity index (χ0) is 26.5. The van der Waals surface area contributed by atoms with E-state index in [1.807, 2.05) is 0 Å². The minimum atomic E-state index is -3.52. The van der Waals surface area contributed by atoms with Gasteiger partial charge in [0.05, 0.1) is 24.0 Å². The molecule has 2 aromatic heterocycles. The van der Waals surface area contributed by atoms with Crippen molar-refractivity contribution in [3.8, 4) is 0 Å². The molecule has 0 radical (unpaired) electrons. The fourth-order valence-corrected chi connectivity index (χ4v) is 6.87. The summed E-state index contributed by atoms with van der Waals surface area (Å²) in [5, 5.41) is 7.52. The van der Waals surface area contributed by atoms with E-state index in [0.29, 0.717) is 21.8 Å². The van der Waals surface area contributed by atoms with Crippen LogP contribution in [0.25, 0.3) is 10.9 Å². The molecule has 1 fully saturated rings. The van der Waals surface area contributed by atoms with Crippen molar-refractivity contribution in [2.45, 2.75) is 44.9 Å². The van der Waals surface area contributed by atoms with Gasteiger partial charge in [0, 0.05) is 59.4 Å². The third-order valence-electron chi connectivity index (χ3n) is 6.90. The highest BCUT2D eigenvalue weighted by atomic mass is 35.5. The molecule has 37 heavy (non-hydrogen) atoms. The number of hydrogen-bond acceptors (Lipinski definition) is 7. The molecule has 0 bridgehead atoms. The molecule has 1 aromatic carbocycles. The van der Waals surface area contributed by atoms with Crippen molar-refractivity contribution in [3.05, 3.63) is 50.6 Å². The third kappa shape index (κ3) is 5.53. The summed E-state index contributed by atoms with van der Waals surface area (Å²) in [6.07, 6.45) is 1.91. The molecule has 10 nitrogen and oxygen atoms in total. The minimum absolute atomic E-state index is 0.0549. The summed E-state index contributed by atoms with van der Waals surface area (Å²) in [4.78, 5) is 37.3. The van der Waals surface area contributed by atoms with Crippen LogP contribution in [-0.2, 0) is 23.0 Å². The van der Waals surface area contributed by atoms with Gasteiger partial charge in [-0.25, -0.2) is 13.4 Å². The lowest BCUT2D eigenvalue weighted by Crippen LogP contribution is -2.51. The quantitative estimate of drug-likeness (QED) is 0.421. The summed E-state index contributed by atoms with van der Waals surface area (Å²) in [5.41, 5.74) is 2.02. The average molecular weight is 565 g/mol. The fourth-order valence-electron chi connectivity index (χ4n) is 4.79. The van der Waals surface area contributed by atoms with Gasteiger partial charge in [-0.15, -0.1) is 11.3 Å². The molecular formula is C24H29ClN6O4S2. The van der Waals surface area contributed by atoms with E-state index in [1.54, 1.807) is 24.3 Å². The Morgan fingerprint density at radius 1 is 1.16 bits per heavy atom. The van der Waals surface area contributed by atoms with Crippen molar-refractivity contribution in [3.63, 3.8) is 0 Å². The normalized spacial score (nSPS) is 20.9. The van der Waals surface area contributed by atoms with Crippen molar-refractivity contribution in [1.29, 1.82) is 0 Å². The topological polar surface area (TPSA) is 128 Å². The number of aromatic amines is 1. The van der Waals surface area contributed by atoms with Gasteiger partial charge in [0.1, 0.15) is 5.69 Å². The number of nitrogens with zero attached hydrogens (tertiary/aromatic N) is 3. The predicted octanol–water partition coefficient (Wildman–Crippen LogP) is 2.22. The van der Waals surface area contributed by atoms with Crippen LogP contribution < -0.4 is 10.6 Å². The summed E-state index contributed by atoms with van der Waals surface area (Å²) in [6, 6.07) is 6.13.